The van der Waals surface area contributed by atoms with Crippen molar-refractivity contribution < 1.29 is 17.9 Å². The van der Waals surface area contributed by atoms with E-state index in [1.54, 1.807) is 36.4 Å². The van der Waals surface area contributed by atoms with Crippen LogP contribution in [0.4, 0.5) is 11.4 Å². The van der Waals surface area contributed by atoms with Gasteiger partial charge in [0.1, 0.15) is 5.75 Å². The lowest BCUT2D eigenvalue weighted by Crippen LogP contribution is -2.32. The highest BCUT2D eigenvalue weighted by Crippen LogP contribution is 2.22. The first-order valence-electron chi connectivity index (χ1n) is 7.97. The summed E-state index contributed by atoms with van der Waals surface area (Å²) in [6, 6.07) is 13.9. The van der Waals surface area contributed by atoms with Gasteiger partial charge in [0.15, 0.2) is 6.10 Å². The van der Waals surface area contributed by atoms with Crippen molar-refractivity contribution in [2.45, 2.75) is 19.4 Å². The minimum atomic E-state index is -3.32. The van der Waals surface area contributed by atoms with Crippen LogP contribution in [0, 0.1) is 0 Å². The van der Waals surface area contributed by atoms with Gasteiger partial charge in [-0.05, 0) is 48.9 Å². The molecule has 0 spiro atoms. The Morgan fingerprint density at radius 3 is 2.42 bits per heavy atom. The van der Waals surface area contributed by atoms with Crippen LogP contribution in [0.3, 0.4) is 0 Å². The molecule has 8 heteroatoms. The molecule has 26 heavy (non-hydrogen) atoms. The number of hydrogen-bond acceptors (Lipinski definition) is 4. The van der Waals surface area contributed by atoms with E-state index < -0.39 is 16.1 Å². The minimum Gasteiger partial charge on any atom is -0.481 e. The third kappa shape index (κ3) is 5.47. The quantitative estimate of drug-likeness (QED) is 0.712. The number of halogens is 1. The number of hydrogen-bond donors (Lipinski definition) is 1. The maximum absolute atomic E-state index is 12.4. The van der Waals surface area contributed by atoms with Gasteiger partial charge in [-0.25, -0.2) is 8.42 Å². The molecule has 1 amide bonds. The Labute approximate surface area is 162 Å². The average molecular weight is 441 g/mol. The zero-order valence-electron chi connectivity index (χ0n) is 14.8. The lowest BCUT2D eigenvalue weighted by atomic mass is 10.2. The van der Waals surface area contributed by atoms with Crippen molar-refractivity contribution in [2.75, 3.05) is 22.9 Å². The van der Waals surface area contributed by atoms with E-state index in [1.165, 1.54) is 11.4 Å². The molecule has 140 valence electrons. The number of amides is 1. The SMILES string of the molecule is CC[C@H](Oc1ccc(N(C)S(C)(=O)=O)cc1)C(=O)Nc1cccc(Br)c1. The van der Waals surface area contributed by atoms with Gasteiger partial charge in [-0.15, -0.1) is 0 Å². The molecule has 0 aliphatic rings. The van der Waals surface area contributed by atoms with Gasteiger partial charge in [0.2, 0.25) is 10.0 Å². The highest BCUT2D eigenvalue weighted by atomic mass is 79.9. The Balaban J connectivity index is 2.06. The molecule has 0 unspecified atom stereocenters. The maximum Gasteiger partial charge on any atom is 0.265 e. The van der Waals surface area contributed by atoms with Crippen molar-refractivity contribution in [1.29, 1.82) is 0 Å². The number of sulfonamides is 1. The first-order chi connectivity index (χ1) is 12.2. The van der Waals surface area contributed by atoms with E-state index in [0.29, 0.717) is 23.5 Å². The van der Waals surface area contributed by atoms with Crippen molar-refractivity contribution in [2.24, 2.45) is 0 Å². The minimum absolute atomic E-state index is 0.247. The molecule has 0 aromatic heterocycles. The molecule has 0 saturated heterocycles. The Morgan fingerprint density at radius 2 is 1.88 bits per heavy atom. The van der Waals surface area contributed by atoms with Crippen LogP contribution in [0.5, 0.6) is 5.75 Å². The van der Waals surface area contributed by atoms with E-state index in [1.807, 2.05) is 19.1 Å². The maximum atomic E-state index is 12.4. The molecule has 2 aromatic rings. The van der Waals surface area contributed by atoms with E-state index in [9.17, 15) is 13.2 Å². The van der Waals surface area contributed by atoms with Crippen LogP contribution in [-0.2, 0) is 14.8 Å². The van der Waals surface area contributed by atoms with Gasteiger partial charge in [0.05, 0.1) is 11.9 Å². The summed E-state index contributed by atoms with van der Waals surface area (Å²) in [6.45, 7) is 1.86. The topological polar surface area (TPSA) is 75.7 Å². The number of carbonyl (C=O) groups excluding carboxylic acids is 1. The number of rotatable bonds is 7. The second-order valence-corrected chi connectivity index (χ2v) is 8.67. The predicted molar refractivity (Wildman–Crippen MR) is 107 cm³/mol. The van der Waals surface area contributed by atoms with Crippen LogP contribution in [0.1, 0.15) is 13.3 Å². The van der Waals surface area contributed by atoms with Gasteiger partial charge < -0.3 is 10.1 Å². The van der Waals surface area contributed by atoms with E-state index in [2.05, 4.69) is 21.2 Å². The van der Waals surface area contributed by atoms with E-state index >= 15 is 0 Å². The second-order valence-electron chi connectivity index (χ2n) is 5.74. The van der Waals surface area contributed by atoms with Crippen molar-refractivity contribution in [3.8, 4) is 5.75 Å². The molecule has 0 aliphatic heterocycles. The molecule has 0 radical (unpaired) electrons. The summed E-state index contributed by atoms with van der Waals surface area (Å²) in [4.78, 5) is 12.4. The van der Waals surface area contributed by atoms with Crippen LogP contribution in [0.15, 0.2) is 53.0 Å². The average Bonchev–Trinajstić information content (AvgIpc) is 2.58. The second kappa shape index (κ2) is 8.55. The number of anilines is 2. The van der Waals surface area contributed by atoms with Crippen LogP contribution >= 0.6 is 15.9 Å². The lowest BCUT2D eigenvalue weighted by molar-refractivity contribution is -0.122. The molecule has 0 aliphatic carbocycles. The summed E-state index contributed by atoms with van der Waals surface area (Å²) in [6.07, 6.45) is 0.967. The Morgan fingerprint density at radius 1 is 1.23 bits per heavy atom. The van der Waals surface area contributed by atoms with Gasteiger partial charge in [-0.3, -0.25) is 9.10 Å². The molecule has 0 saturated carbocycles. The highest BCUT2D eigenvalue weighted by molar-refractivity contribution is 9.10. The fourth-order valence-corrected chi connectivity index (χ4v) is 3.11. The van der Waals surface area contributed by atoms with Crippen LogP contribution in [-0.4, -0.2) is 33.7 Å². The third-order valence-electron chi connectivity index (χ3n) is 3.73. The molecule has 0 heterocycles. The van der Waals surface area contributed by atoms with Crippen LogP contribution < -0.4 is 14.4 Å². The molecule has 2 aromatic carbocycles. The summed E-state index contributed by atoms with van der Waals surface area (Å²) in [5, 5.41) is 2.82. The first-order valence-corrected chi connectivity index (χ1v) is 10.6. The number of ether oxygens (including phenoxy) is 1. The molecule has 6 nitrogen and oxygen atoms in total. The largest absolute Gasteiger partial charge is 0.481 e. The number of benzene rings is 2. The number of nitrogens with one attached hydrogen (secondary N) is 1. The standard InChI is InChI=1S/C18H21BrN2O4S/c1-4-17(18(22)20-14-7-5-6-13(19)12-14)25-16-10-8-15(9-11-16)21(2)26(3,23)24/h5-12,17H,4H2,1-3H3,(H,20,22)/t17-/m0/s1. The third-order valence-corrected chi connectivity index (χ3v) is 5.43. The molecule has 1 atom stereocenters. The van der Waals surface area contributed by atoms with Crippen LogP contribution in [0.25, 0.3) is 0 Å². The Kier molecular flexibility index (Phi) is 6.66. The molecule has 2 rings (SSSR count). The molecular weight excluding hydrogens is 420 g/mol. The van der Waals surface area contributed by atoms with E-state index in [-0.39, 0.29) is 5.91 Å². The molecule has 0 fully saturated rings. The van der Waals surface area contributed by atoms with Gasteiger partial charge in [-0.2, -0.15) is 0 Å². The molecular formula is C18H21BrN2O4S. The summed E-state index contributed by atoms with van der Waals surface area (Å²) in [5.74, 6) is 0.245. The zero-order chi connectivity index (χ0) is 19.3. The van der Waals surface area contributed by atoms with Gasteiger partial charge in [0.25, 0.3) is 5.91 Å². The predicted octanol–water partition coefficient (Wildman–Crippen LogP) is 3.64. The normalized spacial score (nSPS) is 12.3. The molecule has 0 bridgehead atoms. The molecule has 1 N–H and O–H groups in total. The van der Waals surface area contributed by atoms with Crippen molar-refractivity contribution in [1.82, 2.24) is 0 Å². The summed E-state index contributed by atoms with van der Waals surface area (Å²) in [5.41, 5.74) is 1.20. The van der Waals surface area contributed by atoms with E-state index in [4.69, 9.17) is 4.74 Å². The first kappa shape index (κ1) is 20.3. The fraction of sp³-hybridized carbons (Fsp3) is 0.278. The summed E-state index contributed by atoms with van der Waals surface area (Å²) in [7, 11) is -1.85. The number of carbonyl (C=O) groups is 1. The number of nitrogens with zero attached hydrogens (tertiary/aromatic N) is 1. The van der Waals surface area contributed by atoms with Crippen LogP contribution in [0.2, 0.25) is 0 Å². The highest BCUT2D eigenvalue weighted by Gasteiger charge is 2.19. The van der Waals surface area contributed by atoms with Crippen molar-refractivity contribution >= 4 is 43.2 Å². The van der Waals surface area contributed by atoms with Gasteiger partial charge in [-0.1, -0.05) is 28.9 Å². The van der Waals surface area contributed by atoms with E-state index in [0.717, 1.165) is 10.7 Å². The summed E-state index contributed by atoms with van der Waals surface area (Å²) < 4.78 is 30.9. The van der Waals surface area contributed by atoms with Crippen molar-refractivity contribution in [3.05, 3.63) is 53.0 Å². The Hall–Kier alpha value is -2.06. The zero-order valence-corrected chi connectivity index (χ0v) is 17.2. The van der Waals surface area contributed by atoms with Crippen molar-refractivity contribution in [3.63, 3.8) is 0 Å². The summed E-state index contributed by atoms with van der Waals surface area (Å²) >= 11 is 3.36. The fourth-order valence-electron chi connectivity index (χ4n) is 2.20. The van der Waals surface area contributed by atoms with Gasteiger partial charge in [0, 0.05) is 17.2 Å². The lowest BCUT2D eigenvalue weighted by Gasteiger charge is -2.19. The monoisotopic (exact) mass is 440 g/mol. The van der Waals surface area contributed by atoms with Gasteiger partial charge >= 0.3 is 0 Å². The Bertz CT molecular complexity index is 869. The smallest absolute Gasteiger partial charge is 0.265 e.